The Labute approximate surface area is 168 Å². The molecule has 0 spiro atoms. The first-order valence-corrected chi connectivity index (χ1v) is 10.3. The van der Waals surface area contributed by atoms with Gasteiger partial charge in [-0.05, 0) is 35.7 Å². The maximum absolute atomic E-state index is 12.9. The number of hydrogen-bond acceptors (Lipinski definition) is 6. The molecule has 0 atom stereocenters. The molecule has 2 amide bonds. The van der Waals surface area contributed by atoms with E-state index in [1.807, 2.05) is 11.4 Å². The molecule has 2 aromatic heterocycles. The quantitative estimate of drug-likeness (QED) is 0.689. The molecule has 3 aromatic rings. The van der Waals surface area contributed by atoms with Gasteiger partial charge in [-0.2, -0.15) is 0 Å². The number of benzene rings is 1. The largest absolute Gasteiger partial charge is 0.484 e. The lowest BCUT2D eigenvalue weighted by molar-refractivity contribution is -0.134. The number of thiazole rings is 1. The minimum absolute atomic E-state index is 0.109. The number of anilines is 1. The van der Waals surface area contributed by atoms with Crippen molar-refractivity contribution in [1.29, 1.82) is 0 Å². The van der Waals surface area contributed by atoms with Crippen LogP contribution in [0.2, 0.25) is 0 Å². The van der Waals surface area contributed by atoms with Crippen LogP contribution in [0.5, 0.6) is 5.75 Å². The number of fused-ring (bicyclic) bond motifs is 1. The zero-order chi connectivity index (χ0) is 19.5. The van der Waals surface area contributed by atoms with Gasteiger partial charge in [-0.15, -0.1) is 11.3 Å². The number of aromatic nitrogens is 1. The minimum Gasteiger partial charge on any atom is -0.484 e. The van der Waals surface area contributed by atoms with Crippen LogP contribution in [0, 0.1) is 5.82 Å². The summed E-state index contributed by atoms with van der Waals surface area (Å²) in [6, 6.07) is 9.14. The van der Waals surface area contributed by atoms with E-state index < -0.39 is 0 Å². The molecule has 0 saturated carbocycles. The van der Waals surface area contributed by atoms with Crippen LogP contribution in [-0.4, -0.2) is 34.8 Å². The lowest BCUT2D eigenvalue weighted by Crippen LogP contribution is -2.38. The number of hydrogen-bond donors (Lipinski definition) is 1. The Morgan fingerprint density at radius 1 is 1.25 bits per heavy atom. The van der Waals surface area contributed by atoms with Gasteiger partial charge >= 0.3 is 0 Å². The van der Waals surface area contributed by atoms with Crippen LogP contribution >= 0.6 is 22.7 Å². The van der Waals surface area contributed by atoms with E-state index in [-0.39, 0.29) is 24.2 Å². The van der Waals surface area contributed by atoms with Gasteiger partial charge in [0, 0.05) is 17.8 Å². The number of amides is 2. The maximum Gasteiger partial charge on any atom is 0.267 e. The van der Waals surface area contributed by atoms with E-state index in [2.05, 4.69) is 10.3 Å². The van der Waals surface area contributed by atoms with Crippen molar-refractivity contribution in [1.82, 2.24) is 9.88 Å². The fourth-order valence-electron chi connectivity index (χ4n) is 2.80. The number of ether oxygens (including phenoxy) is 1. The zero-order valence-corrected chi connectivity index (χ0v) is 16.3. The molecule has 0 radical (unpaired) electrons. The van der Waals surface area contributed by atoms with Gasteiger partial charge in [0.25, 0.3) is 11.8 Å². The second-order valence-corrected chi connectivity index (χ2v) is 8.16. The van der Waals surface area contributed by atoms with Gasteiger partial charge in [0.05, 0.1) is 17.1 Å². The Balaban J connectivity index is 1.35. The number of carbonyl (C=O) groups is 2. The van der Waals surface area contributed by atoms with Crippen molar-refractivity contribution in [2.24, 2.45) is 0 Å². The van der Waals surface area contributed by atoms with Gasteiger partial charge in [-0.3, -0.25) is 14.9 Å². The summed E-state index contributed by atoms with van der Waals surface area (Å²) in [7, 11) is 0. The highest BCUT2D eigenvalue weighted by atomic mass is 32.1. The van der Waals surface area contributed by atoms with Gasteiger partial charge in [0.15, 0.2) is 11.7 Å². The van der Waals surface area contributed by atoms with Crippen LogP contribution in [0.3, 0.4) is 0 Å². The van der Waals surface area contributed by atoms with Crippen LogP contribution in [0.4, 0.5) is 9.52 Å². The monoisotopic (exact) mass is 417 g/mol. The summed E-state index contributed by atoms with van der Waals surface area (Å²) in [6.45, 7) is 0.871. The van der Waals surface area contributed by atoms with Crippen LogP contribution in [0.1, 0.15) is 20.2 Å². The molecule has 0 bridgehead atoms. The summed E-state index contributed by atoms with van der Waals surface area (Å²) in [4.78, 5) is 32.4. The molecule has 0 unspecified atom stereocenters. The fourth-order valence-corrected chi connectivity index (χ4v) is 4.43. The molecule has 9 heteroatoms. The highest BCUT2D eigenvalue weighted by molar-refractivity contribution is 7.16. The molecule has 0 saturated heterocycles. The van der Waals surface area contributed by atoms with Crippen molar-refractivity contribution >= 4 is 39.6 Å². The summed E-state index contributed by atoms with van der Waals surface area (Å²) >= 11 is 2.75. The summed E-state index contributed by atoms with van der Waals surface area (Å²) < 4.78 is 18.4. The van der Waals surface area contributed by atoms with E-state index in [0.29, 0.717) is 35.3 Å². The molecule has 4 rings (SSSR count). The average molecular weight is 417 g/mol. The highest BCUT2D eigenvalue weighted by Gasteiger charge is 2.25. The summed E-state index contributed by atoms with van der Waals surface area (Å²) in [5.74, 6) is -0.229. The summed E-state index contributed by atoms with van der Waals surface area (Å²) in [5.41, 5.74) is 0.912. The van der Waals surface area contributed by atoms with Gasteiger partial charge in [-0.25, -0.2) is 9.37 Å². The fraction of sp³-hybridized carbons (Fsp3) is 0.211. The van der Waals surface area contributed by atoms with Crippen LogP contribution in [0.15, 0.2) is 41.8 Å². The Hall–Kier alpha value is -2.78. The Morgan fingerprint density at radius 2 is 2.07 bits per heavy atom. The van der Waals surface area contributed by atoms with E-state index in [1.54, 1.807) is 11.0 Å². The maximum atomic E-state index is 12.9. The molecular formula is C19H16FN3O3S2. The van der Waals surface area contributed by atoms with Gasteiger partial charge < -0.3 is 9.64 Å². The third-order valence-electron chi connectivity index (χ3n) is 4.23. The molecule has 1 aliphatic heterocycles. The summed E-state index contributed by atoms with van der Waals surface area (Å²) in [5, 5.41) is 5.21. The summed E-state index contributed by atoms with van der Waals surface area (Å²) in [6.07, 6.45) is 0.628. The normalized spacial score (nSPS) is 13.1. The van der Waals surface area contributed by atoms with Gasteiger partial charge in [0.2, 0.25) is 0 Å². The predicted octanol–water partition coefficient (Wildman–Crippen LogP) is 3.56. The minimum atomic E-state index is -0.352. The Kier molecular flexibility index (Phi) is 5.36. The number of rotatable bonds is 5. The Bertz CT molecular complexity index is 987. The average Bonchev–Trinajstić information content (AvgIpc) is 3.36. The standard InChI is InChI=1S/C19H16FN3O3S2/c20-12-3-5-13(6-4-12)26-11-17(24)23-8-7-14-16(10-23)28-19(21-14)22-18(25)15-2-1-9-27-15/h1-6,9H,7-8,10-11H2,(H,21,22,25). The second-order valence-electron chi connectivity index (χ2n) is 6.13. The van der Waals surface area contributed by atoms with Gasteiger partial charge in [-0.1, -0.05) is 17.4 Å². The second kappa shape index (κ2) is 8.07. The first-order valence-electron chi connectivity index (χ1n) is 8.58. The predicted molar refractivity (Wildman–Crippen MR) is 105 cm³/mol. The number of carbonyl (C=O) groups excluding carboxylic acids is 2. The molecule has 0 aliphatic carbocycles. The third-order valence-corrected chi connectivity index (χ3v) is 6.09. The first kappa shape index (κ1) is 18.6. The van der Waals surface area contributed by atoms with E-state index in [0.717, 1.165) is 10.6 Å². The molecule has 1 aliphatic rings. The number of halogens is 1. The van der Waals surface area contributed by atoms with Crippen LogP contribution in [0.25, 0.3) is 0 Å². The highest BCUT2D eigenvalue weighted by Crippen LogP contribution is 2.29. The van der Waals surface area contributed by atoms with Crippen molar-refractivity contribution in [2.45, 2.75) is 13.0 Å². The van der Waals surface area contributed by atoms with E-state index >= 15 is 0 Å². The van der Waals surface area contributed by atoms with Crippen LogP contribution < -0.4 is 10.1 Å². The van der Waals surface area contributed by atoms with Crippen LogP contribution in [-0.2, 0) is 17.8 Å². The molecule has 1 N–H and O–H groups in total. The van der Waals surface area contributed by atoms with Crippen molar-refractivity contribution in [3.05, 3.63) is 63.0 Å². The zero-order valence-electron chi connectivity index (χ0n) is 14.7. The first-order chi connectivity index (χ1) is 13.6. The number of thiophene rings is 1. The van der Waals surface area contributed by atoms with Crippen molar-refractivity contribution in [3.63, 3.8) is 0 Å². The lowest BCUT2D eigenvalue weighted by Gasteiger charge is -2.26. The molecule has 1 aromatic carbocycles. The molecule has 28 heavy (non-hydrogen) atoms. The van der Waals surface area contributed by atoms with E-state index in [9.17, 15) is 14.0 Å². The number of nitrogens with one attached hydrogen (secondary N) is 1. The lowest BCUT2D eigenvalue weighted by atomic mass is 10.2. The van der Waals surface area contributed by atoms with Crippen molar-refractivity contribution in [3.8, 4) is 5.75 Å². The molecule has 144 valence electrons. The van der Waals surface area contributed by atoms with Crippen molar-refractivity contribution in [2.75, 3.05) is 18.5 Å². The molecule has 6 nitrogen and oxygen atoms in total. The third kappa shape index (κ3) is 4.20. The van der Waals surface area contributed by atoms with Gasteiger partial charge in [0.1, 0.15) is 11.6 Å². The molecule has 3 heterocycles. The Morgan fingerprint density at radius 3 is 2.82 bits per heavy atom. The number of nitrogens with zero attached hydrogens (tertiary/aromatic N) is 2. The smallest absolute Gasteiger partial charge is 0.267 e. The molecule has 0 fully saturated rings. The van der Waals surface area contributed by atoms with Crippen molar-refractivity contribution < 1.29 is 18.7 Å². The molecular weight excluding hydrogens is 401 g/mol. The topological polar surface area (TPSA) is 71.5 Å². The SMILES string of the molecule is O=C(Nc1nc2c(s1)CN(C(=O)COc1ccc(F)cc1)CC2)c1cccs1. The van der Waals surface area contributed by atoms with E-state index in [4.69, 9.17) is 4.74 Å². The van der Waals surface area contributed by atoms with E-state index in [1.165, 1.54) is 46.9 Å².